The van der Waals surface area contributed by atoms with Crippen molar-refractivity contribution in [2.45, 2.75) is 19.9 Å². The monoisotopic (exact) mass is 473 g/mol. The second kappa shape index (κ2) is 10.9. The smallest absolute Gasteiger partial charge is 0.202 e. The van der Waals surface area contributed by atoms with Crippen LogP contribution in [0.25, 0.3) is 11.1 Å². The lowest BCUT2D eigenvalue weighted by Crippen LogP contribution is -2.40. The molecule has 0 aliphatic rings. The summed E-state index contributed by atoms with van der Waals surface area (Å²) >= 11 is 0. The number of amidine groups is 1. The van der Waals surface area contributed by atoms with Gasteiger partial charge in [0.25, 0.3) is 0 Å². The Kier molecular flexibility index (Phi) is 7.97. The van der Waals surface area contributed by atoms with Crippen LogP contribution in [0.5, 0.6) is 5.75 Å². The largest absolute Gasteiger partial charge is 0.489 e. The number of anilines is 2. The third kappa shape index (κ3) is 5.41. The highest BCUT2D eigenvalue weighted by Gasteiger charge is 2.23. The lowest BCUT2D eigenvalue weighted by molar-refractivity contribution is 0.249. The molecule has 2 heterocycles. The maximum atomic E-state index is 14.9. The van der Waals surface area contributed by atoms with Crippen LogP contribution in [0.15, 0.2) is 41.9 Å². The first-order valence-electron chi connectivity index (χ1n) is 10.6. The Morgan fingerprint density at radius 3 is 2.62 bits per heavy atom. The molecule has 182 valence electrons. The van der Waals surface area contributed by atoms with Gasteiger partial charge in [-0.3, -0.25) is 9.69 Å². The van der Waals surface area contributed by atoms with E-state index in [9.17, 15) is 8.78 Å². The number of rotatable bonds is 9. The van der Waals surface area contributed by atoms with Crippen LogP contribution < -0.4 is 27.2 Å². The topological polar surface area (TPSA) is 137 Å². The molecule has 0 fully saturated rings. The van der Waals surface area contributed by atoms with Crippen molar-refractivity contribution in [3.05, 3.63) is 54.0 Å². The first-order chi connectivity index (χ1) is 16.3. The highest BCUT2D eigenvalue weighted by molar-refractivity contribution is 6.12. The number of benzene rings is 1. The van der Waals surface area contributed by atoms with E-state index >= 15 is 0 Å². The fraction of sp³-hybridized carbons (Fsp3) is 0.318. The van der Waals surface area contributed by atoms with Crippen LogP contribution in [0.3, 0.4) is 0 Å². The summed E-state index contributed by atoms with van der Waals surface area (Å²) in [6.07, 6.45) is 6.06. The zero-order chi connectivity index (χ0) is 24.8. The van der Waals surface area contributed by atoms with Crippen molar-refractivity contribution >= 4 is 17.3 Å². The van der Waals surface area contributed by atoms with E-state index in [1.54, 1.807) is 23.1 Å². The van der Waals surface area contributed by atoms with E-state index in [-0.39, 0.29) is 35.3 Å². The summed E-state index contributed by atoms with van der Waals surface area (Å²) in [7, 11) is 3.69. The molecule has 0 radical (unpaired) electrons. The van der Waals surface area contributed by atoms with Crippen molar-refractivity contribution in [3.8, 4) is 16.9 Å². The van der Waals surface area contributed by atoms with E-state index in [2.05, 4.69) is 22.1 Å². The molecule has 0 amide bonds. The lowest BCUT2D eigenvalue weighted by Gasteiger charge is -2.22. The standard InChI is InChI=1S/C22H29F2N9O/c1-4-7-32-13-15(12-29-32)14-10-16(21(25)28-11-14)22(30-26)33(27)17-5-6-18(20(24)19(17)23)34-9-8-31(2)3/h5-6,10-13H,4,7-9,26-27H2,1-3H3,(H2,25,28)/b30-22-. The zero-order valence-electron chi connectivity index (χ0n) is 19.4. The predicted molar refractivity (Wildman–Crippen MR) is 128 cm³/mol. The number of nitrogens with zero attached hydrogens (tertiary/aromatic N) is 6. The van der Waals surface area contributed by atoms with Gasteiger partial charge in [-0.25, -0.2) is 15.2 Å². The zero-order valence-corrected chi connectivity index (χ0v) is 19.4. The summed E-state index contributed by atoms with van der Waals surface area (Å²) in [5.74, 6) is 9.03. The van der Waals surface area contributed by atoms with Gasteiger partial charge < -0.3 is 21.2 Å². The number of likely N-dealkylation sites (N-methyl/N-ethyl adjacent to an activating group) is 1. The number of hydrogen-bond donors (Lipinski definition) is 3. The first-order valence-corrected chi connectivity index (χ1v) is 10.6. The predicted octanol–water partition coefficient (Wildman–Crippen LogP) is 2.16. The van der Waals surface area contributed by atoms with Gasteiger partial charge in [0.05, 0.1) is 17.4 Å². The summed E-state index contributed by atoms with van der Waals surface area (Å²) < 4.78 is 36.7. The number of nitrogen functional groups attached to an aromatic ring is 1. The molecular weight excluding hydrogens is 444 g/mol. The van der Waals surface area contributed by atoms with Gasteiger partial charge in [0.15, 0.2) is 17.4 Å². The molecule has 0 atom stereocenters. The molecule has 34 heavy (non-hydrogen) atoms. The molecule has 1 aromatic carbocycles. The molecule has 0 unspecified atom stereocenters. The van der Waals surface area contributed by atoms with E-state index in [0.29, 0.717) is 12.1 Å². The molecule has 0 saturated heterocycles. The van der Waals surface area contributed by atoms with Crippen molar-refractivity contribution in [2.75, 3.05) is 38.0 Å². The van der Waals surface area contributed by atoms with Gasteiger partial charge in [0.2, 0.25) is 5.82 Å². The van der Waals surface area contributed by atoms with E-state index in [4.69, 9.17) is 22.2 Å². The first kappa shape index (κ1) is 24.9. The third-order valence-electron chi connectivity index (χ3n) is 5.01. The van der Waals surface area contributed by atoms with Gasteiger partial charge in [-0.15, -0.1) is 0 Å². The SMILES string of the molecule is CCCn1cc(-c2cnc(N)c(/C(=N/N)N(N)c3ccc(OCCN(C)C)c(F)c3F)c2)cn1. The van der Waals surface area contributed by atoms with E-state index in [0.717, 1.165) is 23.5 Å². The van der Waals surface area contributed by atoms with Crippen LogP contribution in [-0.4, -0.2) is 52.7 Å². The van der Waals surface area contributed by atoms with Crippen LogP contribution in [0.2, 0.25) is 0 Å². The Bertz CT molecular complexity index is 1160. The number of hydrazone groups is 1. The van der Waals surface area contributed by atoms with Crippen molar-refractivity contribution in [1.82, 2.24) is 19.7 Å². The molecular formula is C22H29F2N9O. The average Bonchev–Trinajstić information content (AvgIpc) is 3.27. The number of nitrogens with two attached hydrogens (primary N) is 3. The molecule has 0 bridgehead atoms. The highest BCUT2D eigenvalue weighted by Crippen LogP contribution is 2.29. The van der Waals surface area contributed by atoms with E-state index in [1.165, 1.54) is 12.1 Å². The minimum absolute atomic E-state index is 0.0638. The maximum absolute atomic E-state index is 14.9. The van der Waals surface area contributed by atoms with Crippen molar-refractivity contribution in [3.63, 3.8) is 0 Å². The molecule has 0 saturated carbocycles. The number of pyridine rings is 1. The molecule has 2 aromatic heterocycles. The van der Waals surface area contributed by atoms with Crippen LogP contribution in [0.4, 0.5) is 20.3 Å². The van der Waals surface area contributed by atoms with Crippen LogP contribution in [0.1, 0.15) is 18.9 Å². The third-order valence-corrected chi connectivity index (χ3v) is 5.01. The quantitative estimate of drug-likeness (QED) is 0.186. The summed E-state index contributed by atoms with van der Waals surface area (Å²) in [4.78, 5) is 6.04. The van der Waals surface area contributed by atoms with Gasteiger partial charge in [-0.2, -0.15) is 14.6 Å². The fourth-order valence-corrected chi connectivity index (χ4v) is 3.21. The second-order valence-corrected chi connectivity index (χ2v) is 7.83. The van der Waals surface area contributed by atoms with E-state index in [1.807, 2.05) is 25.2 Å². The minimum atomic E-state index is -1.21. The van der Waals surface area contributed by atoms with E-state index < -0.39 is 11.6 Å². The van der Waals surface area contributed by atoms with Crippen molar-refractivity contribution in [2.24, 2.45) is 16.8 Å². The number of hydrazine groups is 1. The van der Waals surface area contributed by atoms with Crippen LogP contribution in [0, 0.1) is 11.6 Å². The normalized spacial score (nSPS) is 11.8. The van der Waals surface area contributed by atoms with Crippen molar-refractivity contribution < 1.29 is 13.5 Å². The van der Waals surface area contributed by atoms with Crippen molar-refractivity contribution in [1.29, 1.82) is 0 Å². The summed E-state index contributed by atoms with van der Waals surface area (Å²) in [6.45, 7) is 3.54. The summed E-state index contributed by atoms with van der Waals surface area (Å²) in [5.41, 5.74) is 7.45. The Balaban J connectivity index is 1.91. The number of aromatic nitrogens is 3. The number of ether oxygens (including phenoxy) is 1. The molecule has 6 N–H and O–H groups in total. The molecule has 0 spiro atoms. The molecule has 10 nitrogen and oxygen atoms in total. The van der Waals surface area contributed by atoms with Gasteiger partial charge in [-0.1, -0.05) is 6.92 Å². The van der Waals surface area contributed by atoms with Gasteiger partial charge in [-0.05, 0) is 38.7 Å². The number of aryl methyl sites for hydroxylation is 1. The lowest BCUT2D eigenvalue weighted by atomic mass is 10.1. The average molecular weight is 474 g/mol. The summed E-state index contributed by atoms with van der Waals surface area (Å²) in [6, 6.07) is 4.22. The number of halogens is 2. The summed E-state index contributed by atoms with van der Waals surface area (Å²) in [5, 5.41) is 8.80. The highest BCUT2D eigenvalue weighted by atomic mass is 19.2. The molecule has 3 aromatic rings. The van der Waals surface area contributed by atoms with Gasteiger partial charge >= 0.3 is 0 Å². The Hall–Kier alpha value is -3.77. The molecule has 0 aliphatic heterocycles. The maximum Gasteiger partial charge on any atom is 0.202 e. The van der Waals surface area contributed by atoms with Gasteiger partial charge in [0.1, 0.15) is 12.4 Å². The number of hydrogen-bond acceptors (Lipinski definition) is 8. The molecule has 0 aliphatic carbocycles. The Morgan fingerprint density at radius 1 is 1.18 bits per heavy atom. The Morgan fingerprint density at radius 2 is 1.94 bits per heavy atom. The molecule has 3 rings (SSSR count). The van der Waals surface area contributed by atoms with Gasteiger partial charge in [0, 0.05) is 36.6 Å². The Labute approximate surface area is 196 Å². The van der Waals surface area contributed by atoms with Crippen LogP contribution in [-0.2, 0) is 6.54 Å². The second-order valence-electron chi connectivity index (χ2n) is 7.83. The fourth-order valence-electron chi connectivity index (χ4n) is 3.21. The van der Waals surface area contributed by atoms with Crippen LogP contribution >= 0.6 is 0 Å². The minimum Gasteiger partial charge on any atom is -0.489 e. The molecule has 12 heteroatoms.